The van der Waals surface area contributed by atoms with Crippen LogP contribution in [-0.4, -0.2) is 51.8 Å². The first-order valence-corrected chi connectivity index (χ1v) is 7.08. The fraction of sp³-hybridized carbons (Fsp3) is 0.929. The van der Waals surface area contributed by atoms with E-state index in [9.17, 15) is 0 Å². The lowest BCUT2D eigenvalue weighted by Gasteiger charge is -2.31. The third-order valence-electron chi connectivity index (χ3n) is 3.83. The lowest BCUT2D eigenvalue weighted by Crippen LogP contribution is -2.42. The Labute approximate surface area is 135 Å². The number of rotatable bonds is 5. The summed E-state index contributed by atoms with van der Waals surface area (Å²) in [5.41, 5.74) is 0. The third-order valence-corrected chi connectivity index (χ3v) is 3.83. The van der Waals surface area contributed by atoms with E-state index in [4.69, 9.17) is 4.74 Å². The summed E-state index contributed by atoms with van der Waals surface area (Å²) < 4.78 is 5.04. The fourth-order valence-corrected chi connectivity index (χ4v) is 2.64. The summed E-state index contributed by atoms with van der Waals surface area (Å²) in [5, 5.41) is 3.32. The zero-order valence-electron chi connectivity index (χ0n) is 12.8. The van der Waals surface area contributed by atoms with Crippen LogP contribution in [0.4, 0.5) is 0 Å². The maximum atomic E-state index is 5.04. The van der Waals surface area contributed by atoms with Crippen LogP contribution in [0.2, 0.25) is 0 Å². The van der Waals surface area contributed by atoms with Crippen molar-refractivity contribution >= 4 is 29.9 Å². The van der Waals surface area contributed by atoms with Gasteiger partial charge in [-0.05, 0) is 24.7 Å². The van der Waals surface area contributed by atoms with Crippen LogP contribution in [0.25, 0.3) is 0 Å². The van der Waals surface area contributed by atoms with Gasteiger partial charge in [0, 0.05) is 34.3 Å². The number of nitrogens with zero attached hydrogens (tertiary/aromatic N) is 2. The van der Waals surface area contributed by atoms with Gasteiger partial charge in [0.15, 0.2) is 5.96 Å². The van der Waals surface area contributed by atoms with E-state index < -0.39 is 0 Å². The van der Waals surface area contributed by atoms with E-state index in [-0.39, 0.29) is 24.0 Å². The molecule has 0 radical (unpaired) electrons. The quantitative estimate of drug-likeness (QED) is 0.343. The van der Waals surface area contributed by atoms with Gasteiger partial charge in [0.1, 0.15) is 0 Å². The second-order valence-corrected chi connectivity index (χ2v) is 5.47. The maximum Gasteiger partial charge on any atom is 0.193 e. The third kappa shape index (κ3) is 7.34. The number of nitrogens with one attached hydrogen (secondary N) is 1. The van der Waals surface area contributed by atoms with Gasteiger partial charge in [-0.25, -0.2) is 0 Å². The van der Waals surface area contributed by atoms with Gasteiger partial charge in [-0.2, -0.15) is 0 Å². The van der Waals surface area contributed by atoms with Crippen LogP contribution in [0.3, 0.4) is 0 Å². The summed E-state index contributed by atoms with van der Waals surface area (Å²) in [5.74, 6) is 2.73. The van der Waals surface area contributed by atoms with E-state index in [1.807, 2.05) is 7.05 Å². The van der Waals surface area contributed by atoms with Gasteiger partial charge in [-0.15, -0.1) is 24.0 Å². The van der Waals surface area contributed by atoms with E-state index in [0.29, 0.717) is 6.61 Å². The van der Waals surface area contributed by atoms with Crippen molar-refractivity contribution in [1.29, 1.82) is 0 Å². The van der Waals surface area contributed by atoms with E-state index in [1.165, 1.54) is 25.7 Å². The highest BCUT2D eigenvalue weighted by atomic mass is 127. The SMILES string of the molecule is CN=C(NCCOC)N(C)CC1CCC(C)CC1.I. The number of hydrogen-bond acceptors (Lipinski definition) is 2. The van der Waals surface area contributed by atoms with Crippen molar-refractivity contribution in [3.05, 3.63) is 0 Å². The summed E-state index contributed by atoms with van der Waals surface area (Å²) in [7, 11) is 5.69. The van der Waals surface area contributed by atoms with Gasteiger partial charge in [-0.1, -0.05) is 19.8 Å². The van der Waals surface area contributed by atoms with Crippen molar-refractivity contribution in [2.24, 2.45) is 16.8 Å². The molecule has 4 nitrogen and oxygen atoms in total. The van der Waals surface area contributed by atoms with Crippen LogP contribution in [0.1, 0.15) is 32.6 Å². The molecule has 114 valence electrons. The van der Waals surface area contributed by atoms with Gasteiger partial charge in [0.2, 0.25) is 0 Å². The second kappa shape index (κ2) is 10.7. The fourth-order valence-electron chi connectivity index (χ4n) is 2.64. The Morgan fingerprint density at radius 2 is 1.95 bits per heavy atom. The Kier molecular flexibility index (Phi) is 10.7. The van der Waals surface area contributed by atoms with Crippen molar-refractivity contribution in [3.8, 4) is 0 Å². The molecule has 1 aliphatic carbocycles. The molecular weight excluding hydrogens is 353 g/mol. The van der Waals surface area contributed by atoms with E-state index in [0.717, 1.165) is 30.9 Å². The van der Waals surface area contributed by atoms with Gasteiger partial charge in [0.25, 0.3) is 0 Å². The van der Waals surface area contributed by atoms with Crippen molar-refractivity contribution < 1.29 is 4.74 Å². The van der Waals surface area contributed by atoms with E-state index >= 15 is 0 Å². The molecule has 5 heteroatoms. The number of halogens is 1. The first-order chi connectivity index (χ1) is 8.67. The Balaban J connectivity index is 0.00000324. The molecule has 0 atom stereocenters. The standard InChI is InChI=1S/C14H29N3O.HI/c1-12-5-7-13(8-6-12)11-17(3)14(15-2)16-9-10-18-4;/h12-13H,5-11H2,1-4H3,(H,15,16);1H. The average molecular weight is 383 g/mol. The molecule has 1 saturated carbocycles. The topological polar surface area (TPSA) is 36.9 Å². The Hall–Kier alpha value is -0.0400. The lowest BCUT2D eigenvalue weighted by atomic mass is 9.83. The van der Waals surface area contributed by atoms with Crippen molar-refractivity contribution in [3.63, 3.8) is 0 Å². The number of aliphatic imine (C=N–C) groups is 1. The maximum absolute atomic E-state index is 5.04. The predicted octanol–water partition coefficient (Wildman–Crippen LogP) is 2.58. The molecule has 1 fully saturated rings. The lowest BCUT2D eigenvalue weighted by molar-refractivity contribution is 0.202. The highest BCUT2D eigenvalue weighted by Gasteiger charge is 2.20. The molecule has 1 rings (SSSR count). The van der Waals surface area contributed by atoms with Crippen LogP contribution < -0.4 is 5.32 Å². The van der Waals surface area contributed by atoms with Gasteiger partial charge in [0.05, 0.1) is 6.61 Å². The normalized spacial score (nSPS) is 23.7. The first-order valence-electron chi connectivity index (χ1n) is 7.08. The molecule has 0 aromatic heterocycles. The van der Waals surface area contributed by atoms with Gasteiger partial charge < -0.3 is 15.0 Å². The molecule has 0 bridgehead atoms. The molecule has 0 spiro atoms. The zero-order chi connectivity index (χ0) is 13.4. The van der Waals surface area contributed by atoms with Crippen molar-refractivity contribution in [2.45, 2.75) is 32.6 Å². The van der Waals surface area contributed by atoms with Gasteiger partial charge in [-0.3, -0.25) is 4.99 Å². The molecule has 0 aromatic rings. The van der Waals surface area contributed by atoms with E-state index in [2.05, 4.69) is 29.2 Å². The molecule has 0 heterocycles. The highest BCUT2D eigenvalue weighted by Crippen LogP contribution is 2.28. The Morgan fingerprint density at radius 3 is 2.47 bits per heavy atom. The smallest absolute Gasteiger partial charge is 0.193 e. The van der Waals surface area contributed by atoms with E-state index in [1.54, 1.807) is 7.11 Å². The largest absolute Gasteiger partial charge is 0.383 e. The minimum atomic E-state index is 0. The summed E-state index contributed by atoms with van der Waals surface area (Å²) in [6.45, 7) is 5.01. The summed E-state index contributed by atoms with van der Waals surface area (Å²) in [6.07, 6.45) is 5.49. The molecule has 0 unspecified atom stereocenters. The molecular formula is C14H30IN3O. The van der Waals surface area contributed by atoms with Crippen molar-refractivity contribution in [2.75, 3.05) is 40.9 Å². The van der Waals surface area contributed by atoms with Gasteiger partial charge >= 0.3 is 0 Å². The number of guanidine groups is 1. The number of hydrogen-bond donors (Lipinski definition) is 1. The average Bonchev–Trinajstić information content (AvgIpc) is 2.37. The Bertz CT molecular complexity index is 253. The molecule has 0 aliphatic heterocycles. The summed E-state index contributed by atoms with van der Waals surface area (Å²) >= 11 is 0. The molecule has 19 heavy (non-hydrogen) atoms. The number of ether oxygens (including phenoxy) is 1. The summed E-state index contributed by atoms with van der Waals surface area (Å²) in [6, 6.07) is 0. The first kappa shape index (κ1) is 19.0. The molecule has 0 saturated heterocycles. The van der Waals surface area contributed by atoms with Crippen LogP contribution in [0, 0.1) is 11.8 Å². The van der Waals surface area contributed by atoms with Crippen LogP contribution in [-0.2, 0) is 4.74 Å². The molecule has 1 N–H and O–H groups in total. The second-order valence-electron chi connectivity index (χ2n) is 5.47. The number of methoxy groups -OCH3 is 1. The van der Waals surface area contributed by atoms with Crippen molar-refractivity contribution in [1.82, 2.24) is 10.2 Å². The monoisotopic (exact) mass is 383 g/mol. The summed E-state index contributed by atoms with van der Waals surface area (Å²) in [4.78, 5) is 6.56. The predicted molar refractivity (Wildman–Crippen MR) is 92.4 cm³/mol. The van der Waals surface area contributed by atoms with Crippen LogP contribution in [0.15, 0.2) is 4.99 Å². The zero-order valence-corrected chi connectivity index (χ0v) is 15.1. The van der Waals surface area contributed by atoms with Crippen LogP contribution in [0.5, 0.6) is 0 Å². The Morgan fingerprint density at radius 1 is 1.32 bits per heavy atom. The molecule has 0 aromatic carbocycles. The minimum Gasteiger partial charge on any atom is -0.383 e. The molecule has 1 aliphatic rings. The molecule has 0 amide bonds. The van der Waals surface area contributed by atoms with Crippen LogP contribution >= 0.6 is 24.0 Å². The highest BCUT2D eigenvalue weighted by molar-refractivity contribution is 14.0. The minimum absolute atomic E-state index is 0.